The molecule has 1 heterocycles. The van der Waals surface area contributed by atoms with Crippen LogP contribution in [0.2, 0.25) is 0 Å². The van der Waals surface area contributed by atoms with Crippen molar-refractivity contribution in [1.82, 2.24) is 4.98 Å². The highest BCUT2D eigenvalue weighted by Crippen LogP contribution is 2.36. The summed E-state index contributed by atoms with van der Waals surface area (Å²) < 4.78 is 5.79. The molecule has 0 radical (unpaired) electrons. The molecule has 96 valence electrons. The molecule has 0 aliphatic heterocycles. The van der Waals surface area contributed by atoms with Crippen LogP contribution in [0, 0.1) is 0 Å². The first-order valence-corrected chi connectivity index (χ1v) is 7.32. The number of thiazole rings is 1. The first-order chi connectivity index (χ1) is 9.40. The average Bonchev–Trinajstić information content (AvgIpc) is 2.92. The molecule has 0 amide bonds. The summed E-state index contributed by atoms with van der Waals surface area (Å²) in [6, 6.07) is 14.7. The summed E-state index contributed by atoms with van der Waals surface area (Å²) in [6.07, 6.45) is 1.01. The van der Waals surface area contributed by atoms with Crippen molar-refractivity contribution in [3.05, 3.63) is 48.0 Å². The summed E-state index contributed by atoms with van der Waals surface area (Å²) in [5, 5.41) is 3.37. The van der Waals surface area contributed by atoms with Crippen molar-refractivity contribution in [2.24, 2.45) is 0 Å². The molecule has 0 saturated carbocycles. The van der Waals surface area contributed by atoms with Gasteiger partial charge in [-0.15, -0.1) is 0 Å². The third-order valence-electron chi connectivity index (χ3n) is 3.02. The number of ether oxygens (including phenoxy) is 1. The van der Waals surface area contributed by atoms with E-state index in [1.165, 1.54) is 10.8 Å². The predicted molar refractivity (Wildman–Crippen MR) is 80.8 cm³/mol. The van der Waals surface area contributed by atoms with Gasteiger partial charge in [-0.1, -0.05) is 60.7 Å². The number of fused-ring (bicyclic) bond motifs is 1. The number of aromatic nitrogens is 1. The number of rotatable bonds is 4. The van der Waals surface area contributed by atoms with E-state index in [2.05, 4.69) is 54.4 Å². The molecule has 0 spiro atoms. The van der Waals surface area contributed by atoms with Gasteiger partial charge >= 0.3 is 0 Å². The normalized spacial score (nSPS) is 10.8. The van der Waals surface area contributed by atoms with Gasteiger partial charge in [0, 0.05) is 5.56 Å². The van der Waals surface area contributed by atoms with Crippen LogP contribution in [0.1, 0.15) is 13.3 Å². The Labute approximate surface area is 116 Å². The third kappa shape index (κ3) is 2.34. The van der Waals surface area contributed by atoms with E-state index in [1.54, 1.807) is 11.3 Å². The Morgan fingerprint density at radius 1 is 1.11 bits per heavy atom. The zero-order valence-electron chi connectivity index (χ0n) is 10.8. The lowest BCUT2D eigenvalue weighted by atomic mass is 10.0. The quantitative estimate of drug-likeness (QED) is 0.681. The first-order valence-electron chi connectivity index (χ1n) is 6.44. The maximum Gasteiger partial charge on any atom is 0.202 e. The van der Waals surface area contributed by atoms with E-state index in [9.17, 15) is 0 Å². The zero-order chi connectivity index (χ0) is 13.1. The second kappa shape index (κ2) is 5.41. The number of hydrogen-bond acceptors (Lipinski definition) is 3. The van der Waals surface area contributed by atoms with E-state index in [4.69, 9.17) is 4.74 Å². The van der Waals surface area contributed by atoms with E-state index in [0.29, 0.717) is 0 Å². The summed E-state index contributed by atoms with van der Waals surface area (Å²) >= 11 is 1.56. The summed E-state index contributed by atoms with van der Waals surface area (Å²) in [5.74, 6) is 0. The van der Waals surface area contributed by atoms with Crippen LogP contribution in [0.4, 0.5) is 0 Å². The smallest absolute Gasteiger partial charge is 0.202 e. The van der Waals surface area contributed by atoms with Gasteiger partial charge in [-0.05, 0) is 17.2 Å². The molecule has 2 nitrogen and oxygen atoms in total. The van der Waals surface area contributed by atoms with E-state index >= 15 is 0 Å². The van der Waals surface area contributed by atoms with Crippen molar-refractivity contribution in [3.63, 3.8) is 0 Å². The highest BCUT2D eigenvalue weighted by Gasteiger charge is 2.12. The van der Waals surface area contributed by atoms with E-state index in [-0.39, 0.29) is 0 Å². The van der Waals surface area contributed by atoms with E-state index in [0.717, 1.165) is 29.3 Å². The summed E-state index contributed by atoms with van der Waals surface area (Å²) in [7, 11) is 0. The van der Waals surface area contributed by atoms with Crippen molar-refractivity contribution in [2.45, 2.75) is 13.3 Å². The Morgan fingerprint density at radius 3 is 2.84 bits per heavy atom. The molecule has 19 heavy (non-hydrogen) atoms. The van der Waals surface area contributed by atoms with Crippen LogP contribution in [0.15, 0.2) is 48.0 Å². The molecule has 3 heteroatoms. The van der Waals surface area contributed by atoms with Crippen molar-refractivity contribution >= 4 is 22.1 Å². The van der Waals surface area contributed by atoms with Crippen molar-refractivity contribution in [1.29, 1.82) is 0 Å². The minimum atomic E-state index is 0.736. The molecule has 1 aromatic heterocycles. The number of benzene rings is 2. The van der Waals surface area contributed by atoms with E-state index in [1.807, 2.05) is 5.51 Å². The summed E-state index contributed by atoms with van der Waals surface area (Å²) in [4.78, 5) is 4.48. The Balaban J connectivity index is 2.12. The molecule has 0 unspecified atom stereocenters. The van der Waals surface area contributed by atoms with Crippen LogP contribution >= 0.6 is 11.3 Å². The predicted octanol–water partition coefficient (Wildman–Crippen LogP) is 4.75. The largest absolute Gasteiger partial charge is 0.482 e. The first kappa shape index (κ1) is 12.2. The second-order valence-electron chi connectivity index (χ2n) is 4.36. The van der Waals surface area contributed by atoms with Gasteiger partial charge in [-0.3, -0.25) is 0 Å². The molecule has 0 fully saturated rings. The van der Waals surface area contributed by atoms with Crippen molar-refractivity contribution in [3.8, 4) is 16.3 Å². The van der Waals surface area contributed by atoms with Gasteiger partial charge in [0.1, 0.15) is 5.69 Å². The summed E-state index contributed by atoms with van der Waals surface area (Å²) in [6.45, 7) is 2.85. The van der Waals surface area contributed by atoms with Gasteiger partial charge in [0.05, 0.1) is 12.1 Å². The highest BCUT2D eigenvalue weighted by atomic mass is 32.1. The molecular weight excluding hydrogens is 254 g/mol. The molecule has 2 aromatic carbocycles. The lowest BCUT2D eigenvalue weighted by Crippen LogP contribution is -1.94. The fourth-order valence-corrected chi connectivity index (χ4v) is 2.82. The lowest BCUT2D eigenvalue weighted by Gasteiger charge is -2.07. The van der Waals surface area contributed by atoms with Gasteiger partial charge in [0.2, 0.25) is 5.06 Å². The minimum absolute atomic E-state index is 0.736. The molecule has 3 aromatic rings. The summed E-state index contributed by atoms with van der Waals surface area (Å²) in [5.41, 5.74) is 3.95. The molecule has 3 rings (SSSR count). The third-order valence-corrected chi connectivity index (χ3v) is 3.75. The molecule has 0 N–H and O–H groups in total. The average molecular weight is 269 g/mol. The minimum Gasteiger partial charge on any atom is -0.482 e. The van der Waals surface area contributed by atoms with Crippen LogP contribution in [-0.4, -0.2) is 11.6 Å². The maximum absolute atomic E-state index is 5.79. The molecule has 0 aliphatic rings. The Morgan fingerprint density at radius 2 is 1.95 bits per heavy atom. The lowest BCUT2D eigenvalue weighted by molar-refractivity contribution is 0.327. The molecule has 0 atom stereocenters. The van der Waals surface area contributed by atoms with Crippen molar-refractivity contribution in [2.75, 3.05) is 6.61 Å². The van der Waals surface area contributed by atoms with Gasteiger partial charge < -0.3 is 4.74 Å². The zero-order valence-corrected chi connectivity index (χ0v) is 11.6. The fourth-order valence-electron chi connectivity index (χ4n) is 2.14. The maximum atomic E-state index is 5.79. The molecular formula is C16H15NOS. The number of nitrogens with zero attached hydrogens (tertiary/aromatic N) is 1. The monoisotopic (exact) mass is 269 g/mol. The Bertz CT molecular complexity index is 685. The van der Waals surface area contributed by atoms with Gasteiger partial charge in [-0.2, -0.15) is 0 Å². The Hall–Kier alpha value is -1.87. The van der Waals surface area contributed by atoms with Crippen LogP contribution in [0.3, 0.4) is 0 Å². The van der Waals surface area contributed by atoms with Gasteiger partial charge in [-0.25, -0.2) is 4.98 Å². The fraction of sp³-hybridized carbons (Fsp3) is 0.188. The van der Waals surface area contributed by atoms with Gasteiger partial charge in [0.15, 0.2) is 0 Å². The molecule has 0 bridgehead atoms. The molecule has 0 saturated heterocycles. The van der Waals surface area contributed by atoms with Crippen LogP contribution in [0.5, 0.6) is 5.06 Å². The molecule has 0 aliphatic carbocycles. The van der Waals surface area contributed by atoms with Crippen LogP contribution in [-0.2, 0) is 0 Å². The number of hydrogen-bond donors (Lipinski definition) is 0. The van der Waals surface area contributed by atoms with Gasteiger partial charge in [0.25, 0.3) is 0 Å². The van der Waals surface area contributed by atoms with E-state index < -0.39 is 0 Å². The topological polar surface area (TPSA) is 22.1 Å². The van der Waals surface area contributed by atoms with Crippen LogP contribution in [0.25, 0.3) is 22.0 Å². The Kier molecular flexibility index (Phi) is 3.47. The highest BCUT2D eigenvalue weighted by molar-refractivity contribution is 7.12. The van der Waals surface area contributed by atoms with Crippen LogP contribution < -0.4 is 4.74 Å². The second-order valence-corrected chi connectivity index (χ2v) is 5.18. The van der Waals surface area contributed by atoms with Crippen molar-refractivity contribution < 1.29 is 4.74 Å². The SMILES string of the molecule is CCCOc1scnc1-c1cccc2ccccc12. The standard InChI is InChI=1S/C16H15NOS/c1-2-10-18-16-15(17-11-19-16)14-9-5-7-12-6-3-4-8-13(12)14/h3-9,11H,2,10H2,1H3.